The van der Waals surface area contributed by atoms with Gasteiger partial charge in [-0.2, -0.15) is 11.8 Å². The minimum absolute atomic E-state index is 0.0237. The van der Waals surface area contributed by atoms with Crippen LogP contribution in [0.15, 0.2) is 0 Å². The zero-order valence-corrected chi connectivity index (χ0v) is 8.60. The fourth-order valence-electron chi connectivity index (χ4n) is 0.992. The van der Waals surface area contributed by atoms with Gasteiger partial charge in [0.2, 0.25) is 0 Å². The molecule has 1 atom stereocenters. The Morgan fingerprint density at radius 1 is 1.46 bits per heavy atom. The van der Waals surface area contributed by atoms with Crippen LogP contribution >= 0.6 is 11.8 Å². The standard InChI is InChI=1S/C8H14O4S/c1-12-8(11)4-6(5-13-2)3-7(9)10/h6H,3-5H2,1-2H3,(H,9,10). The summed E-state index contributed by atoms with van der Waals surface area (Å²) in [5.41, 5.74) is 0. The van der Waals surface area contributed by atoms with E-state index >= 15 is 0 Å². The number of thioether (sulfide) groups is 1. The van der Waals surface area contributed by atoms with E-state index < -0.39 is 5.97 Å². The lowest BCUT2D eigenvalue weighted by molar-refractivity contribution is -0.142. The van der Waals surface area contributed by atoms with E-state index in [1.807, 2.05) is 6.26 Å². The normalized spacial score (nSPS) is 12.2. The number of methoxy groups -OCH3 is 1. The number of hydrogen-bond acceptors (Lipinski definition) is 4. The molecule has 0 rings (SSSR count). The zero-order valence-electron chi connectivity index (χ0n) is 7.78. The molecule has 0 aliphatic heterocycles. The average molecular weight is 206 g/mol. The van der Waals surface area contributed by atoms with Crippen molar-refractivity contribution in [2.24, 2.45) is 5.92 Å². The monoisotopic (exact) mass is 206 g/mol. The highest BCUT2D eigenvalue weighted by Crippen LogP contribution is 2.14. The fourth-order valence-corrected chi connectivity index (χ4v) is 1.70. The second-order valence-electron chi connectivity index (χ2n) is 2.70. The van der Waals surface area contributed by atoms with Gasteiger partial charge >= 0.3 is 11.9 Å². The van der Waals surface area contributed by atoms with Gasteiger partial charge in [-0.3, -0.25) is 9.59 Å². The largest absolute Gasteiger partial charge is 0.481 e. The lowest BCUT2D eigenvalue weighted by Gasteiger charge is -2.10. The van der Waals surface area contributed by atoms with Crippen molar-refractivity contribution in [2.45, 2.75) is 12.8 Å². The molecule has 0 saturated heterocycles. The van der Waals surface area contributed by atoms with Gasteiger partial charge in [-0.1, -0.05) is 0 Å². The fraction of sp³-hybridized carbons (Fsp3) is 0.750. The Morgan fingerprint density at radius 3 is 2.46 bits per heavy atom. The molecule has 0 aliphatic carbocycles. The summed E-state index contributed by atoms with van der Waals surface area (Å²) in [5, 5.41) is 8.53. The van der Waals surface area contributed by atoms with Crippen LogP contribution in [0.2, 0.25) is 0 Å². The summed E-state index contributed by atoms with van der Waals surface area (Å²) < 4.78 is 4.47. The van der Waals surface area contributed by atoms with Crippen molar-refractivity contribution in [3.8, 4) is 0 Å². The van der Waals surface area contributed by atoms with E-state index in [0.29, 0.717) is 5.75 Å². The Kier molecular flexibility index (Phi) is 6.40. The second kappa shape index (κ2) is 6.77. The summed E-state index contributed by atoms with van der Waals surface area (Å²) in [6.45, 7) is 0. The van der Waals surface area contributed by atoms with Crippen LogP contribution in [0.25, 0.3) is 0 Å². The zero-order chi connectivity index (χ0) is 10.3. The molecule has 76 valence electrons. The first-order chi connectivity index (χ1) is 6.10. The number of rotatable bonds is 6. The van der Waals surface area contributed by atoms with E-state index in [9.17, 15) is 9.59 Å². The van der Waals surface area contributed by atoms with Gasteiger partial charge in [0.1, 0.15) is 0 Å². The third kappa shape index (κ3) is 6.45. The topological polar surface area (TPSA) is 63.6 Å². The quantitative estimate of drug-likeness (QED) is 0.657. The summed E-state index contributed by atoms with van der Waals surface area (Å²) >= 11 is 1.53. The Balaban J connectivity index is 3.93. The van der Waals surface area contributed by atoms with Crippen LogP contribution in [-0.4, -0.2) is 36.2 Å². The molecule has 0 saturated carbocycles. The van der Waals surface area contributed by atoms with Gasteiger partial charge in [0.25, 0.3) is 0 Å². The van der Waals surface area contributed by atoms with Gasteiger partial charge in [0, 0.05) is 12.8 Å². The molecule has 0 aromatic carbocycles. The van der Waals surface area contributed by atoms with Gasteiger partial charge in [-0.15, -0.1) is 0 Å². The lowest BCUT2D eigenvalue weighted by Crippen LogP contribution is -2.15. The third-order valence-corrected chi connectivity index (χ3v) is 2.35. The average Bonchev–Trinajstić information content (AvgIpc) is 2.03. The van der Waals surface area contributed by atoms with E-state index in [-0.39, 0.29) is 24.7 Å². The van der Waals surface area contributed by atoms with Gasteiger partial charge < -0.3 is 9.84 Å². The number of ether oxygens (including phenoxy) is 1. The first-order valence-corrected chi connectivity index (χ1v) is 5.27. The number of carbonyl (C=O) groups excluding carboxylic acids is 1. The highest BCUT2D eigenvalue weighted by Gasteiger charge is 2.16. The maximum Gasteiger partial charge on any atom is 0.305 e. The van der Waals surface area contributed by atoms with Crippen LogP contribution < -0.4 is 0 Å². The maximum atomic E-state index is 10.9. The minimum atomic E-state index is -0.872. The van der Waals surface area contributed by atoms with Crippen molar-refractivity contribution in [3.63, 3.8) is 0 Å². The summed E-state index contributed by atoms with van der Waals surface area (Å²) in [7, 11) is 1.30. The van der Waals surface area contributed by atoms with E-state index in [1.165, 1.54) is 18.9 Å². The Labute approximate surface area is 81.6 Å². The summed E-state index contributed by atoms with van der Waals surface area (Å²) in [6, 6.07) is 0. The van der Waals surface area contributed by atoms with Crippen molar-refractivity contribution >= 4 is 23.7 Å². The predicted octanol–water partition coefficient (Wildman–Crippen LogP) is 1.00. The van der Waals surface area contributed by atoms with E-state index in [1.54, 1.807) is 0 Å². The SMILES string of the molecule is COC(=O)CC(CSC)CC(=O)O. The lowest BCUT2D eigenvalue weighted by atomic mass is 10.0. The number of carboxylic acid groups (broad SMARTS) is 1. The van der Waals surface area contributed by atoms with Gasteiger partial charge in [0.15, 0.2) is 0 Å². The van der Waals surface area contributed by atoms with Crippen LogP contribution in [0.3, 0.4) is 0 Å². The minimum Gasteiger partial charge on any atom is -0.481 e. The van der Waals surface area contributed by atoms with Crippen molar-refractivity contribution in [1.29, 1.82) is 0 Å². The van der Waals surface area contributed by atoms with E-state index in [4.69, 9.17) is 5.11 Å². The van der Waals surface area contributed by atoms with Crippen molar-refractivity contribution in [2.75, 3.05) is 19.1 Å². The van der Waals surface area contributed by atoms with Crippen LogP contribution in [0, 0.1) is 5.92 Å². The molecule has 0 radical (unpaired) electrons. The Morgan fingerprint density at radius 2 is 2.08 bits per heavy atom. The Bertz CT molecular complexity index is 181. The molecule has 4 nitrogen and oxygen atoms in total. The van der Waals surface area contributed by atoms with Crippen LogP contribution in [-0.2, 0) is 14.3 Å². The highest BCUT2D eigenvalue weighted by atomic mass is 32.2. The number of aliphatic carboxylic acids is 1. The third-order valence-electron chi connectivity index (χ3n) is 1.55. The number of hydrogen-bond donors (Lipinski definition) is 1. The number of esters is 1. The van der Waals surface area contributed by atoms with Gasteiger partial charge in [-0.25, -0.2) is 0 Å². The molecule has 5 heteroatoms. The molecule has 0 bridgehead atoms. The summed E-state index contributed by atoms with van der Waals surface area (Å²) in [6.07, 6.45) is 2.09. The molecule has 0 fully saturated rings. The number of carboxylic acids is 1. The molecule has 0 spiro atoms. The summed E-state index contributed by atoms with van der Waals surface area (Å²) in [5.74, 6) is -0.676. The Hall–Kier alpha value is -0.710. The van der Waals surface area contributed by atoms with Crippen LogP contribution in [0.1, 0.15) is 12.8 Å². The molecule has 13 heavy (non-hydrogen) atoms. The van der Waals surface area contributed by atoms with Gasteiger partial charge in [-0.05, 0) is 17.9 Å². The van der Waals surface area contributed by atoms with E-state index in [2.05, 4.69) is 4.74 Å². The van der Waals surface area contributed by atoms with Crippen LogP contribution in [0.4, 0.5) is 0 Å². The molecular formula is C8H14O4S. The van der Waals surface area contributed by atoms with E-state index in [0.717, 1.165) is 0 Å². The molecule has 0 heterocycles. The van der Waals surface area contributed by atoms with Crippen molar-refractivity contribution < 1.29 is 19.4 Å². The molecule has 1 N–H and O–H groups in total. The molecule has 0 aromatic rings. The molecule has 0 aliphatic rings. The molecular weight excluding hydrogens is 192 g/mol. The predicted molar refractivity (Wildman–Crippen MR) is 50.8 cm³/mol. The molecule has 0 amide bonds. The second-order valence-corrected chi connectivity index (χ2v) is 3.61. The number of carbonyl (C=O) groups is 2. The van der Waals surface area contributed by atoms with Gasteiger partial charge in [0.05, 0.1) is 7.11 Å². The van der Waals surface area contributed by atoms with Crippen molar-refractivity contribution in [3.05, 3.63) is 0 Å². The first kappa shape index (κ1) is 12.3. The van der Waals surface area contributed by atoms with Crippen molar-refractivity contribution in [1.82, 2.24) is 0 Å². The molecule has 0 aromatic heterocycles. The van der Waals surface area contributed by atoms with Crippen LogP contribution in [0.5, 0.6) is 0 Å². The maximum absolute atomic E-state index is 10.9. The first-order valence-electron chi connectivity index (χ1n) is 3.87. The molecule has 1 unspecified atom stereocenters. The smallest absolute Gasteiger partial charge is 0.305 e. The highest BCUT2D eigenvalue weighted by molar-refractivity contribution is 7.98. The summed E-state index contributed by atoms with van der Waals surface area (Å²) in [4.78, 5) is 21.2.